The average Bonchev–Trinajstić information content (AvgIpc) is 3.18. The summed E-state index contributed by atoms with van der Waals surface area (Å²) in [5, 5.41) is 14.6. The van der Waals surface area contributed by atoms with Gasteiger partial charge < -0.3 is 15.4 Å². The van der Waals surface area contributed by atoms with Gasteiger partial charge in [0.05, 0.1) is 18.7 Å². The molecule has 8 heteroatoms. The van der Waals surface area contributed by atoms with Gasteiger partial charge in [0.2, 0.25) is 0 Å². The van der Waals surface area contributed by atoms with Gasteiger partial charge in [-0.1, -0.05) is 31.5 Å². The van der Waals surface area contributed by atoms with Crippen molar-refractivity contribution >= 4 is 23.4 Å². The monoisotopic (exact) mass is 427 g/mol. The van der Waals surface area contributed by atoms with Gasteiger partial charge in [0.1, 0.15) is 0 Å². The third-order valence-electron chi connectivity index (χ3n) is 4.82. The fraction of sp³-hybridized carbons (Fsp3) is 0.409. The molecular formula is C22H29N5O2S. The molecule has 2 unspecified atom stereocenters. The number of aromatic nitrogens is 3. The molecule has 0 bridgehead atoms. The Kier molecular flexibility index (Phi) is 8.10. The molecule has 0 radical (unpaired) electrons. The number of fused-ring (bicyclic) bond motifs is 1. The molecule has 0 aliphatic carbocycles. The summed E-state index contributed by atoms with van der Waals surface area (Å²) in [5.41, 5.74) is 1.83. The van der Waals surface area contributed by atoms with Gasteiger partial charge in [0, 0.05) is 24.0 Å². The van der Waals surface area contributed by atoms with Gasteiger partial charge in [0.25, 0.3) is 0 Å². The van der Waals surface area contributed by atoms with Crippen molar-refractivity contribution < 1.29 is 9.53 Å². The highest BCUT2D eigenvalue weighted by atomic mass is 32.2. The number of ether oxygens (including phenoxy) is 1. The summed E-state index contributed by atoms with van der Waals surface area (Å²) in [6.07, 6.45) is 3.62. The molecule has 2 amide bonds. The fourth-order valence-corrected chi connectivity index (χ4v) is 4.04. The molecule has 30 heavy (non-hydrogen) atoms. The molecular weight excluding hydrogens is 398 g/mol. The van der Waals surface area contributed by atoms with E-state index < -0.39 is 0 Å². The van der Waals surface area contributed by atoms with Crippen LogP contribution in [0.4, 0.5) is 4.79 Å². The Bertz CT molecular complexity index is 944. The number of amides is 2. The maximum absolute atomic E-state index is 12.7. The Labute approximate surface area is 181 Å². The van der Waals surface area contributed by atoms with Crippen LogP contribution in [0.3, 0.4) is 0 Å². The lowest BCUT2D eigenvalue weighted by atomic mass is 10.1. The van der Waals surface area contributed by atoms with E-state index in [4.69, 9.17) is 4.74 Å². The highest BCUT2D eigenvalue weighted by Gasteiger charge is 2.20. The van der Waals surface area contributed by atoms with Crippen LogP contribution in [-0.4, -0.2) is 40.1 Å². The Hall–Kier alpha value is -2.58. The van der Waals surface area contributed by atoms with E-state index >= 15 is 0 Å². The van der Waals surface area contributed by atoms with E-state index in [1.54, 1.807) is 18.9 Å². The molecule has 1 aromatic carbocycles. The molecule has 0 aliphatic heterocycles. The number of rotatable bonds is 10. The third kappa shape index (κ3) is 5.73. The molecule has 2 atom stereocenters. The van der Waals surface area contributed by atoms with Crippen molar-refractivity contribution in [3.05, 3.63) is 60.0 Å². The van der Waals surface area contributed by atoms with E-state index in [0.717, 1.165) is 42.2 Å². The van der Waals surface area contributed by atoms with Crippen LogP contribution in [0.25, 0.3) is 5.65 Å². The predicted molar refractivity (Wildman–Crippen MR) is 120 cm³/mol. The van der Waals surface area contributed by atoms with E-state index in [0.29, 0.717) is 0 Å². The van der Waals surface area contributed by atoms with Gasteiger partial charge >= 0.3 is 6.03 Å². The van der Waals surface area contributed by atoms with E-state index in [9.17, 15) is 4.79 Å². The van der Waals surface area contributed by atoms with Gasteiger partial charge in [-0.15, -0.1) is 22.0 Å². The molecule has 7 nitrogen and oxygen atoms in total. The largest absolute Gasteiger partial charge is 0.384 e. The smallest absolute Gasteiger partial charge is 0.315 e. The second-order valence-electron chi connectivity index (χ2n) is 7.08. The number of carbonyl (C=O) groups is 1. The maximum atomic E-state index is 12.7. The van der Waals surface area contributed by atoms with Crippen molar-refractivity contribution in [3.8, 4) is 0 Å². The molecule has 0 saturated heterocycles. The molecule has 0 spiro atoms. The van der Waals surface area contributed by atoms with Crippen molar-refractivity contribution in [1.82, 2.24) is 25.2 Å². The quantitative estimate of drug-likeness (QED) is 0.371. The topological polar surface area (TPSA) is 80.5 Å². The lowest BCUT2D eigenvalue weighted by Gasteiger charge is -2.20. The van der Waals surface area contributed by atoms with Crippen molar-refractivity contribution in [3.63, 3.8) is 0 Å². The lowest BCUT2D eigenvalue weighted by molar-refractivity contribution is 0.218. The number of thioether (sulfide) groups is 1. The summed E-state index contributed by atoms with van der Waals surface area (Å²) in [4.78, 5) is 13.9. The van der Waals surface area contributed by atoms with Gasteiger partial charge in [-0.25, -0.2) is 4.79 Å². The van der Waals surface area contributed by atoms with Gasteiger partial charge in [-0.05, 0) is 43.2 Å². The first-order valence-corrected chi connectivity index (χ1v) is 11.2. The standard InChI is InChI=1S/C22H29N5O2S/c1-4-7-19(21-26-25-20-8-5-6-13-27(20)21)24-22(28)23-16(2)17-9-11-18(12-10-17)30-15-14-29-3/h5-6,8-13,16,19H,4,7,14-15H2,1-3H3,(H2,23,24,28). The number of nitrogens with zero attached hydrogens (tertiary/aromatic N) is 3. The summed E-state index contributed by atoms with van der Waals surface area (Å²) < 4.78 is 7.00. The van der Waals surface area contributed by atoms with Crippen LogP contribution in [0.5, 0.6) is 0 Å². The molecule has 3 aromatic rings. The average molecular weight is 428 g/mol. The van der Waals surface area contributed by atoms with Gasteiger partial charge in [0.15, 0.2) is 11.5 Å². The number of methoxy groups -OCH3 is 1. The fourth-order valence-electron chi connectivity index (χ4n) is 3.23. The SMILES string of the molecule is CCCC(NC(=O)NC(C)c1ccc(SCCOC)cc1)c1nnc2ccccn12. The number of urea groups is 1. The Morgan fingerprint density at radius 2 is 1.97 bits per heavy atom. The van der Waals surface area contributed by atoms with E-state index in [-0.39, 0.29) is 18.1 Å². The summed E-state index contributed by atoms with van der Waals surface area (Å²) >= 11 is 1.75. The van der Waals surface area contributed by atoms with Crippen LogP contribution < -0.4 is 10.6 Å². The minimum Gasteiger partial charge on any atom is -0.384 e. The molecule has 2 heterocycles. The Morgan fingerprint density at radius 1 is 1.17 bits per heavy atom. The summed E-state index contributed by atoms with van der Waals surface area (Å²) in [6.45, 7) is 4.80. The second kappa shape index (κ2) is 11.0. The van der Waals surface area contributed by atoms with Crippen molar-refractivity contribution in [2.24, 2.45) is 0 Å². The minimum atomic E-state index is -0.216. The number of benzene rings is 1. The molecule has 0 aliphatic rings. The van der Waals surface area contributed by atoms with Gasteiger partial charge in [-0.3, -0.25) is 4.40 Å². The van der Waals surface area contributed by atoms with E-state index in [1.807, 2.05) is 35.7 Å². The zero-order valence-electron chi connectivity index (χ0n) is 17.7. The maximum Gasteiger partial charge on any atom is 0.315 e. The van der Waals surface area contributed by atoms with E-state index in [1.165, 1.54) is 4.90 Å². The molecule has 0 fully saturated rings. The zero-order valence-corrected chi connectivity index (χ0v) is 18.5. The van der Waals surface area contributed by atoms with Crippen LogP contribution in [0.15, 0.2) is 53.6 Å². The van der Waals surface area contributed by atoms with Crippen LogP contribution in [0, 0.1) is 0 Å². The molecule has 2 N–H and O–H groups in total. The summed E-state index contributed by atoms with van der Waals surface area (Å²) in [6, 6.07) is 13.5. The van der Waals surface area contributed by atoms with E-state index in [2.05, 4.69) is 52.0 Å². The summed E-state index contributed by atoms with van der Waals surface area (Å²) in [7, 11) is 1.71. The number of pyridine rings is 1. The first-order chi connectivity index (χ1) is 14.6. The zero-order chi connectivity index (χ0) is 21.3. The number of carbonyl (C=O) groups excluding carboxylic acids is 1. The molecule has 3 rings (SSSR count). The van der Waals surface area contributed by atoms with Crippen molar-refractivity contribution in [2.75, 3.05) is 19.5 Å². The Balaban J connectivity index is 1.61. The molecule has 0 saturated carbocycles. The number of hydrogen-bond donors (Lipinski definition) is 2. The minimum absolute atomic E-state index is 0.111. The van der Waals surface area contributed by atoms with Crippen molar-refractivity contribution in [1.29, 1.82) is 0 Å². The highest BCUT2D eigenvalue weighted by molar-refractivity contribution is 7.99. The van der Waals surface area contributed by atoms with Crippen LogP contribution in [0.1, 0.15) is 50.2 Å². The van der Waals surface area contributed by atoms with Gasteiger partial charge in [-0.2, -0.15) is 0 Å². The van der Waals surface area contributed by atoms with Crippen LogP contribution in [0.2, 0.25) is 0 Å². The van der Waals surface area contributed by atoms with Crippen molar-refractivity contribution in [2.45, 2.75) is 43.7 Å². The second-order valence-corrected chi connectivity index (χ2v) is 8.25. The molecule has 160 valence electrons. The van der Waals surface area contributed by atoms with Crippen LogP contribution in [-0.2, 0) is 4.74 Å². The number of hydrogen-bond acceptors (Lipinski definition) is 5. The Morgan fingerprint density at radius 3 is 2.70 bits per heavy atom. The third-order valence-corrected chi connectivity index (χ3v) is 5.79. The lowest BCUT2D eigenvalue weighted by Crippen LogP contribution is -2.39. The number of nitrogens with one attached hydrogen (secondary N) is 2. The predicted octanol–water partition coefficient (Wildman–Crippen LogP) is 4.37. The normalized spacial score (nSPS) is 13.2. The first-order valence-electron chi connectivity index (χ1n) is 10.2. The highest BCUT2D eigenvalue weighted by Crippen LogP contribution is 2.22. The first kappa shape index (κ1) is 22.1. The molecule has 2 aromatic heterocycles. The summed E-state index contributed by atoms with van der Waals surface area (Å²) in [5.74, 6) is 1.66. The van der Waals surface area contributed by atoms with Crippen LogP contribution >= 0.6 is 11.8 Å².